The van der Waals surface area contributed by atoms with Crippen molar-refractivity contribution in [3.05, 3.63) is 12.4 Å². The number of nitrogens with zero attached hydrogens (tertiary/aromatic N) is 3. The lowest BCUT2D eigenvalue weighted by atomic mass is 10.0. The third-order valence-corrected chi connectivity index (χ3v) is 2.89. The first-order valence-corrected chi connectivity index (χ1v) is 5.48. The number of hydrogen-bond donors (Lipinski definition) is 1. The number of nitrogens with one attached hydrogen (secondary N) is 1. The van der Waals surface area contributed by atoms with Crippen molar-refractivity contribution in [1.29, 1.82) is 0 Å². The maximum Gasteiger partial charge on any atom is 0.226 e. The summed E-state index contributed by atoms with van der Waals surface area (Å²) in [7, 11) is 1.62. The number of methoxy groups -OCH3 is 1. The zero-order valence-electron chi connectivity index (χ0n) is 10.0. The van der Waals surface area contributed by atoms with Crippen molar-refractivity contribution in [2.45, 2.75) is 19.4 Å². The average Bonchev–Trinajstić information content (AvgIpc) is 2.29. The normalized spacial score (nSPS) is 19.6. The Morgan fingerprint density at radius 3 is 2.62 bits per heavy atom. The standard InChI is InChI=1S/C11H18N4O/c1-11(2)8-12-4-5-15(11)10-13-6-9(16-3)7-14-10/h6-7,12H,4-5,8H2,1-3H3. The summed E-state index contributed by atoms with van der Waals surface area (Å²) in [5.74, 6) is 1.46. The first-order chi connectivity index (χ1) is 7.63. The van der Waals surface area contributed by atoms with Crippen LogP contribution in [0, 0.1) is 0 Å². The SMILES string of the molecule is COc1cnc(N2CCNCC2(C)C)nc1. The van der Waals surface area contributed by atoms with E-state index < -0.39 is 0 Å². The van der Waals surface area contributed by atoms with Gasteiger partial charge < -0.3 is 15.0 Å². The Morgan fingerprint density at radius 1 is 1.38 bits per heavy atom. The minimum absolute atomic E-state index is 0.0485. The molecule has 0 aliphatic carbocycles. The van der Waals surface area contributed by atoms with Crippen LogP contribution < -0.4 is 15.0 Å². The van der Waals surface area contributed by atoms with Crippen LogP contribution in [0.15, 0.2) is 12.4 Å². The summed E-state index contributed by atoms with van der Waals surface area (Å²) in [6.45, 7) is 7.22. The van der Waals surface area contributed by atoms with Crippen LogP contribution in [0.3, 0.4) is 0 Å². The molecule has 1 fully saturated rings. The second-order valence-electron chi connectivity index (χ2n) is 4.56. The largest absolute Gasteiger partial charge is 0.494 e. The van der Waals surface area contributed by atoms with Gasteiger partial charge >= 0.3 is 0 Å². The van der Waals surface area contributed by atoms with Crippen molar-refractivity contribution in [2.24, 2.45) is 0 Å². The maximum absolute atomic E-state index is 5.05. The van der Waals surface area contributed by atoms with E-state index in [9.17, 15) is 0 Å². The Bertz CT molecular complexity index is 350. The lowest BCUT2D eigenvalue weighted by molar-refractivity contribution is 0.372. The monoisotopic (exact) mass is 222 g/mol. The summed E-state index contributed by atoms with van der Waals surface area (Å²) >= 11 is 0. The fourth-order valence-corrected chi connectivity index (χ4v) is 1.91. The Hall–Kier alpha value is -1.36. The molecule has 0 amide bonds. The van der Waals surface area contributed by atoms with Crippen LogP contribution >= 0.6 is 0 Å². The molecule has 0 bridgehead atoms. The maximum atomic E-state index is 5.05. The summed E-state index contributed by atoms with van der Waals surface area (Å²) in [5.41, 5.74) is 0.0485. The number of rotatable bonds is 2. The third-order valence-electron chi connectivity index (χ3n) is 2.89. The van der Waals surface area contributed by atoms with Gasteiger partial charge in [-0.05, 0) is 13.8 Å². The molecule has 88 valence electrons. The molecule has 5 nitrogen and oxygen atoms in total. The molecule has 0 atom stereocenters. The fraction of sp³-hybridized carbons (Fsp3) is 0.636. The van der Waals surface area contributed by atoms with E-state index in [4.69, 9.17) is 4.74 Å². The van der Waals surface area contributed by atoms with E-state index in [-0.39, 0.29) is 5.54 Å². The fourth-order valence-electron chi connectivity index (χ4n) is 1.91. The molecule has 1 aliphatic heterocycles. The van der Waals surface area contributed by atoms with E-state index >= 15 is 0 Å². The van der Waals surface area contributed by atoms with Gasteiger partial charge in [0.1, 0.15) is 0 Å². The van der Waals surface area contributed by atoms with Crippen molar-refractivity contribution in [3.8, 4) is 5.75 Å². The highest BCUT2D eigenvalue weighted by Gasteiger charge is 2.31. The van der Waals surface area contributed by atoms with Gasteiger partial charge in [-0.3, -0.25) is 0 Å². The Morgan fingerprint density at radius 2 is 2.06 bits per heavy atom. The number of ether oxygens (including phenoxy) is 1. The molecular weight excluding hydrogens is 204 g/mol. The summed E-state index contributed by atoms with van der Waals surface area (Å²) < 4.78 is 5.05. The molecule has 1 saturated heterocycles. The molecule has 1 N–H and O–H groups in total. The summed E-state index contributed by atoms with van der Waals surface area (Å²) in [4.78, 5) is 10.9. The van der Waals surface area contributed by atoms with Gasteiger partial charge in [0.2, 0.25) is 5.95 Å². The molecule has 0 unspecified atom stereocenters. The van der Waals surface area contributed by atoms with Crippen LogP contribution in [0.4, 0.5) is 5.95 Å². The molecule has 0 saturated carbocycles. The van der Waals surface area contributed by atoms with Gasteiger partial charge in [0, 0.05) is 25.2 Å². The third kappa shape index (κ3) is 2.09. The van der Waals surface area contributed by atoms with E-state index in [2.05, 4.69) is 34.0 Å². The predicted octanol–water partition coefficient (Wildman–Crippen LogP) is 0.673. The predicted molar refractivity (Wildman–Crippen MR) is 62.9 cm³/mol. The Balaban J connectivity index is 2.21. The van der Waals surface area contributed by atoms with Gasteiger partial charge in [0.05, 0.1) is 19.5 Å². The molecule has 0 spiro atoms. The molecule has 2 heterocycles. The second-order valence-corrected chi connectivity index (χ2v) is 4.56. The molecule has 2 rings (SSSR count). The van der Waals surface area contributed by atoms with Gasteiger partial charge in [-0.15, -0.1) is 0 Å². The first kappa shape index (κ1) is 11.1. The Kier molecular flexibility index (Phi) is 2.96. The van der Waals surface area contributed by atoms with Crippen LogP contribution in [0.25, 0.3) is 0 Å². The van der Waals surface area contributed by atoms with Crippen LogP contribution in [0.1, 0.15) is 13.8 Å². The van der Waals surface area contributed by atoms with Crippen LogP contribution in [-0.2, 0) is 0 Å². The summed E-state index contributed by atoms with van der Waals surface area (Å²) in [6.07, 6.45) is 3.42. The summed E-state index contributed by atoms with van der Waals surface area (Å²) in [6, 6.07) is 0. The van der Waals surface area contributed by atoms with Crippen molar-refractivity contribution in [3.63, 3.8) is 0 Å². The quantitative estimate of drug-likeness (QED) is 0.797. The zero-order valence-corrected chi connectivity index (χ0v) is 10.0. The molecular formula is C11H18N4O. The van der Waals surface area contributed by atoms with Gasteiger partial charge in [0.25, 0.3) is 0 Å². The van der Waals surface area contributed by atoms with Crippen LogP contribution in [0.2, 0.25) is 0 Å². The molecule has 1 aliphatic rings. The van der Waals surface area contributed by atoms with Crippen molar-refractivity contribution in [1.82, 2.24) is 15.3 Å². The number of anilines is 1. The zero-order chi connectivity index (χ0) is 11.6. The Labute approximate surface area is 95.8 Å². The number of piperazine rings is 1. The van der Waals surface area contributed by atoms with E-state index in [0.717, 1.165) is 25.6 Å². The smallest absolute Gasteiger partial charge is 0.226 e. The molecule has 0 aromatic carbocycles. The van der Waals surface area contributed by atoms with Gasteiger partial charge in [-0.1, -0.05) is 0 Å². The molecule has 16 heavy (non-hydrogen) atoms. The summed E-state index contributed by atoms with van der Waals surface area (Å²) in [5, 5.41) is 3.38. The molecule has 0 radical (unpaired) electrons. The van der Waals surface area contributed by atoms with Crippen LogP contribution in [0.5, 0.6) is 5.75 Å². The lowest BCUT2D eigenvalue weighted by Gasteiger charge is -2.42. The number of hydrogen-bond acceptors (Lipinski definition) is 5. The van der Waals surface area contributed by atoms with Crippen LogP contribution in [-0.4, -0.2) is 42.3 Å². The minimum Gasteiger partial charge on any atom is -0.494 e. The van der Waals surface area contributed by atoms with E-state index in [1.807, 2.05) is 0 Å². The first-order valence-electron chi connectivity index (χ1n) is 5.48. The molecule has 1 aromatic rings. The van der Waals surface area contributed by atoms with Gasteiger partial charge in [0.15, 0.2) is 5.75 Å². The van der Waals surface area contributed by atoms with Crippen molar-refractivity contribution >= 4 is 5.95 Å². The van der Waals surface area contributed by atoms with E-state index in [0.29, 0.717) is 5.75 Å². The highest BCUT2D eigenvalue weighted by molar-refractivity contribution is 5.36. The van der Waals surface area contributed by atoms with Crippen molar-refractivity contribution in [2.75, 3.05) is 31.6 Å². The van der Waals surface area contributed by atoms with E-state index in [1.165, 1.54) is 0 Å². The number of aromatic nitrogens is 2. The minimum atomic E-state index is 0.0485. The second kappa shape index (κ2) is 4.25. The van der Waals surface area contributed by atoms with E-state index in [1.54, 1.807) is 19.5 Å². The molecule has 1 aromatic heterocycles. The lowest BCUT2D eigenvalue weighted by Crippen LogP contribution is -2.58. The van der Waals surface area contributed by atoms with Gasteiger partial charge in [-0.25, -0.2) is 9.97 Å². The highest BCUT2D eigenvalue weighted by atomic mass is 16.5. The van der Waals surface area contributed by atoms with Crippen molar-refractivity contribution < 1.29 is 4.74 Å². The highest BCUT2D eigenvalue weighted by Crippen LogP contribution is 2.22. The molecule has 5 heteroatoms. The average molecular weight is 222 g/mol. The van der Waals surface area contributed by atoms with Gasteiger partial charge in [-0.2, -0.15) is 0 Å². The topological polar surface area (TPSA) is 50.3 Å².